The topological polar surface area (TPSA) is 12.0 Å². The van der Waals surface area contributed by atoms with Gasteiger partial charge in [-0.1, -0.05) is 63.2 Å². The van der Waals surface area contributed by atoms with Crippen LogP contribution in [-0.2, 0) is 6.54 Å². The van der Waals surface area contributed by atoms with E-state index in [4.69, 9.17) is 0 Å². The van der Waals surface area contributed by atoms with Gasteiger partial charge in [0.15, 0.2) is 0 Å². The lowest BCUT2D eigenvalue weighted by atomic mass is 9.70. The summed E-state index contributed by atoms with van der Waals surface area (Å²) in [6, 6.07) is 16.0. The monoisotopic (exact) mass is 281 g/mol. The molecule has 2 atom stereocenters. The number of rotatable bonds is 3. The predicted octanol–water partition coefficient (Wildman–Crippen LogP) is 5.14. The minimum Gasteiger partial charge on any atom is -0.310 e. The van der Waals surface area contributed by atoms with Gasteiger partial charge in [0.05, 0.1) is 0 Å². The first-order chi connectivity index (χ1) is 10.1. The fraction of sp³-hybridized carbons (Fsp3) is 0.500. The number of nitrogens with one attached hydrogen (secondary N) is 1. The fourth-order valence-corrected chi connectivity index (χ4v) is 3.94. The molecular weight excluding hydrogens is 254 g/mol. The zero-order chi connectivity index (χ0) is 14.9. The Labute approximate surface area is 128 Å². The molecule has 0 amide bonds. The molecule has 112 valence electrons. The van der Waals surface area contributed by atoms with Gasteiger partial charge in [-0.05, 0) is 46.9 Å². The summed E-state index contributed by atoms with van der Waals surface area (Å²) in [7, 11) is 0. The highest BCUT2D eigenvalue weighted by Crippen LogP contribution is 2.38. The lowest BCUT2D eigenvalue weighted by Gasteiger charge is -2.39. The Morgan fingerprint density at radius 2 is 1.86 bits per heavy atom. The van der Waals surface area contributed by atoms with Crippen molar-refractivity contribution in [1.29, 1.82) is 0 Å². The first-order valence-electron chi connectivity index (χ1n) is 8.25. The summed E-state index contributed by atoms with van der Waals surface area (Å²) in [5, 5.41) is 6.55. The molecule has 1 aliphatic carbocycles. The van der Waals surface area contributed by atoms with Crippen LogP contribution in [-0.4, -0.2) is 6.04 Å². The third-order valence-corrected chi connectivity index (χ3v) is 5.13. The van der Waals surface area contributed by atoms with Crippen molar-refractivity contribution in [2.45, 2.75) is 52.6 Å². The van der Waals surface area contributed by atoms with Crippen LogP contribution >= 0.6 is 0 Å². The molecule has 2 aromatic rings. The van der Waals surface area contributed by atoms with Crippen LogP contribution in [0.15, 0.2) is 42.5 Å². The van der Waals surface area contributed by atoms with Gasteiger partial charge < -0.3 is 5.32 Å². The van der Waals surface area contributed by atoms with Gasteiger partial charge in [0.1, 0.15) is 0 Å². The molecule has 1 heteroatoms. The van der Waals surface area contributed by atoms with Gasteiger partial charge in [-0.25, -0.2) is 0 Å². The van der Waals surface area contributed by atoms with Crippen molar-refractivity contribution in [3.05, 3.63) is 48.0 Å². The van der Waals surface area contributed by atoms with E-state index in [9.17, 15) is 0 Å². The summed E-state index contributed by atoms with van der Waals surface area (Å²) < 4.78 is 0. The molecule has 21 heavy (non-hydrogen) atoms. The van der Waals surface area contributed by atoms with E-state index in [1.54, 1.807) is 0 Å². The van der Waals surface area contributed by atoms with E-state index in [0.717, 1.165) is 12.5 Å². The second-order valence-corrected chi connectivity index (χ2v) is 7.51. The predicted molar refractivity (Wildman–Crippen MR) is 91.4 cm³/mol. The molecule has 0 aliphatic heterocycles. The summed E-state index contributed by atoms with van der Waals surface area (Å²) in [5.41, 5.74) is 1.95. The second kappa shape index (κ2) is 5.81. The van der Waals surface area contributed by atoms with Crippen LogP contribution in [0.5, 0.6) is 0 Å². The lowest BCUT2D eigenvalue weighted by Crippen LogP contribution is -2.41. The molecule has 1 nitrogen and oxygen atoms in total. The van der Waals surface area contributed by atoms with Gasteiger partial charge >= 0.3 is 0 Å². The van der Waals surface area contributed by atoms with E-state index in [0.29, 0.717) is 11.5 Å². The molecule has 1 fully saturated rings. The van der Waals surface area contributed by atoms with E-state index in [2.05, 4.69) is 68.6 Å². The van der Waals surface area contributed by atoms with Gasteiger partial charge in [-0.3, -0.25) is 0 Å². The van der Waals surface area contributed by atoms with E-state index >= 15 is 0 Å². The fourth-order valence-electron chi connectivity index (χ4n) is 3.94. The van der Waals surface area contributed by atoms with Crippen LogP contribution < -0.4 is 5.32 Å². The smallest absolute Gasteiger partial charge is 0.0214 e. The highest BCUT2D eigenvalue weighted by molar-refractivity contribution is 5.85. The van der Waals surface area contributed by atoms with Gasteiger partial charge in [-0.2, -0.15) is 0 Å². The van der Waals surface area contributed by atoms with E-state index in [-0.39, 0.29) is 0 Å². The van der Waals surface area contributed by atoms with Crippen molar-refractivity contribution in [2.75, 3.05) is 0 Å². The van der Waals surface area contributed by atoms with E-state index in [1.165, 1.54) is 35.6 Å². The molecule has 2 aromatic carbocycles. The van der Waals surface area contributed by atoms with Crippen molar-refractivity contribution in [3.63, 3.8) is 0 Å². The van der Waals surface area contributed by atoms with Crippen molar-refractivity contribution < 1.29 is 0 Å². The van der Waals surface area contributed by atoms with Gasteiger partial charge in [0.25, 0.3) is 0 Å². The molecular formula is C20H27N. The largest absolute Gasteiger partial charge is 0.310 e. The Kier molecular flexibility index (Phi) is 4.03. The molecule has 0 bridgehead atoms. The summed E-state index contributed by atoms with van der Waals surface area (Å²) in [6.45, 7) is 8.20. The normalized spacial score (nSPS) is 25.1. The lowest BCUT2D eigenvalue weighted by molar-refractivity contribution is 0.148. The minimum absolute atomic E-state index is 0.525. The highest BCUT2D eigenvalue weighted by Gasteiger charge is 2.31. The van der Waals surface area contributed by atoms with E-state index in [1.807, 2.05) is 0 Å². The summed E-state index contributed by atoms with van der Waals surface area (Å²) in [5.74, 6) is 0.767. The third kappa shape index (κ3) is 3.29. The van der Waals surface area contributed by atoms with Gasteiger partial charge in [0.2, 0.25) is 0 Å². The van der Waals surface area contributed by atoms with Crippen molar-refractivity contribution >= 4 is 10.8 Å². The Bertz CT molecular complexity index is 609. The summed E-state index contributed by atoms with van der Waals surface area (Å²) in [4.78, 5) is 0. The van der Waals surface area contributed by atoms with Gasteiger partial charge in [0, 0.05) is 12.6 Å². The second-order valence-electron chi connectivity index (χ2n) is 7.51. The van der Waals surface area contributed by atoms with Gasteiger partial charge in [-0.15, -0.1) is 0 Å². The summed E-state index contributed by atoms with van der Waals surface area (Å²) in [6.07, 6.45) is 3.98. The zero-order valence-corrected chi connectivity index (χ0v) is 13.5. The first-order valence-corrected chi connectivity index (χ1v) is 8.25. The van der Waals surface area contributed by atoms with Crippen LogP contribution in [0, 0.1) is 11.3 Å². The van der Waals surface area contributed by atoms with Crippen LogP contribution in [0.3, 0.4) is 0 Å². The number of hydrogen-bond donors (Lipinski definition) is 1. The molecule has 1 saturated carbocycles. The first kappa shape index (κ1) is 14.6. The maximum atomic E-state index is 3.82. The van der Waals surface area contributed by atoms with Crippen molar-refractivity contribution in [2.24, 2.45) is 11.3 Å². The highest BCUT2D eigenvalue weighted by atomic mass is 14.9. The number of fused-ring (bicyclic) bond motifs is 1. The van der Waals surface area contributed by atoms with E-state index < -0.39 is 0 Å². The molecule has 1 aliphatic rings. The van der Waals surface area contributed by atoms with Crippen LogP contribution in [0.25, 0.3) is 10.8 Å². The SMILES string of the molecule is CC1CC(C)(C)CCC1NCc1cccc2ccccc12. The maximum Gasteiger partial charge on any atom is 0.0214 e. The molecule has 0 spiro atoms. The summed E-state index contributed by atoms with van der Waals surface area (Å²) >= 11 is 0. The Balaban J connectivity index is 1.70. The standard InChI is InChI=1S/C20H27N/c1-15-13-20(2,3)12-11-19(15)21-14-17-9-6-8-16-7-4-5-10-18(16)17/h4-10,15,19,21H,11-14H2,1-3H3. The molecule has 3 rings (SSSR count). The van der Waals surface area contributed by atoms with Crippen LogP contribution in [0.1, 0.15) is 45.6 Å². The number of hydrogen-bond acceptors (Lipinski definition) is 1. The molecule has 0 heterocycles. The molecule has 0 aromatic heterocycles. The Morgan fingerprint density at radius 1 is 1.10 bits per heavy atom. The van der Waals surface area contributed by atoms with Crippen LogP contribution in [0.4, 0.5) is 0 Å². The molecule has 0 radical (unpaired) electrons. The van der Waals surface area contributed by atoms with Crippen molar-refractivity contribution in [3.8, 4) is 0 Å². The number of benzene rings is 2. The third-order valence-electron chi connectivity index (χ3n) is 5.13. The molecule has 1 N–H and O–H groups in total. The average Bonchev–Trinajstić information content (AvgIpc) is 2.46. The van der Waals surface area contributed by atoms with Crippen LogP contribution in [0.2, 0.25) is 0 Å². The molecule has 0 saturated heterocycles. The van der Waals surface area contributed by atoms with Crippen molar-refractivity contribution in [1.82, 2.24) is 5.32 Å². The molecule has 2 unspecified atom stereocenters. The average molecular weight is 281 g/mol. The quantitative estimate of drug-likeness (QED) is 0.821. The minimum atomic E-state index is 0.525. The zero-order valence-electron chi connectivity index (χ0n) is 13.5. The Morgan fingerprint density at radius 3 is 2.67 bits per heavy atom. The maximum absolute atomic E-state index is 3.82. The Hall–Kier alpha value is -1.34.